The van der Waals surface area contributed by atoms with E-state index in [9.17, 15) is 14.9 Å². The largest absolute Gasteiger partial charge is 0.356 e. The first-order chi connectivity index (χ1) is 11.1. The highest BCUT2D eigenvalue weighted by atomic mass is 16.6. The van der Waals surface area contributed by atoms with Crippen molar-refractivity contribution < 1.29 is 9.72 Å². The maximum Gasteiger partial charge on any atom is 0.273 e. The number of rotatable bonds is 7. The molecule has 1 aromatic carbocycles. The van der Waals surface area contributed by atoms with E-state index in [1.165, 1.54) is 6.07 Å². The van der Waals surface area contributed by atoms with Crippen LogP contribution in [0.25, 0.3) is 0 Å². The molecule has 7 nitrogen and oxygen atoms in total. The maximum atomic E-state index is 11.9. The van der Waals surface area contributed by atoms with Gasteiger partial charge in [-0.15, -0.1) is 0 Å². The van der Waals surface area contributed by atoms with Crippen molar-refractivity contribution in [2.24, 2.45) is 0 Å². The van der Waals surface area contributed by atoms with Crippen molar-refractivity contribution in [2.45, 2.75) is 12.8 Å². The molecule has 1 aliphatic rings. The first-order valence-electron chi connectivity index (χ1n) is 7.96. The van der Waals surface area contributed by atoms with Crippen LogP contribution >= 0.6 is 0 Å². The quantitative estimate of drug-likeness (QED) is 0.458. The third-order valence-electron chi connectivity index (χ3n) is 4.11. The molecule has 1 heterocycles. The molecule has 1 amide bonds. The predicted octanol–water partition coefficient (Wildman–Crippen LogP) is 0.891. The molecule has 0 bridgehead atoms. The second-order valence-corrected chi connectivity index (χ2v) is 5.91. The lowest BCUT2D eigenvalue weighted by Gasteiger charge is -2.32. The summed E-state index contributed by atoms with van der Waals surface area (Å²) in [5, 5.41) is 13.8. The fourth-order valence-corrected chi connectivity index (χ4v) is 2.68. The van der Waals surface area contributed by atoms with Crippen LogP contribution < -0.4 is 5.32 Å². The van der Waals surface area contributed by atoms with Crippen molar-refractivity contribution in [3.05, 3.63) is 39.9 Å². The predicted molar refractivity (Wildman–Crippen MR) is 88.4 cm³/mol. The molecule has 23 heavy (non-hydrogen) atoms. The summed E-state index contributed by atoms with van der Waals surface area (Å²) in [5.74, 6) is -0.169. The van der Waals surface area contributed by atoms with Gasteiger partial charge in [0.1, 0.15) is 0 Å². The molecular formula is C16H24N4O3. The lowest BCUT2D eigenvalue weighted by atomic mass is 10.1. The maximum absolute atomic E-state index is 11.9. The summed E-state index contributed by atoms with van der Waals surface area (Å²) in [6.07, 6.45) is 0.942. The normalized spacial score (nSPS) is 16.2. The van der Waals surface area contributed by atoms with Crippen molar-refractivity contribution in [3.8, 4) is 0 Å². The number of carbonyl (C=O) groups excluding carboxylic acids is 1. The molecule has 1 saturated heterocycles. The molecule has 0 spiro atoms. The van der Waals surface area contributed by atoms with Gasteiger partial charge in [0.05, 0.1) is 11.3 Å². The number of hydrogen-bond donors (Lipinski definition) is 1. The zero-order chi connectivity index (χ0) is 16.7. The van der Waals surface area contributed by atoms with Crippen molar-refractivity contribution in [2.75, 3.05) is 46.3 Å². The Morgan fingerprint density at radius 2 is 1.96 bits per heavy atom. The summed E-state index contributed by atoms with van der Waals surface area (Å²) in [6.45, 7) is 5.89. The van der Waals surface area contributed by atoms with Crippen LogP contribution in [-0.2, 0) is 11.2 Å². The standard InChI is InChI=1S/C16H24N4O3/c1-18-9-11-19(12-10-18)8-4-7-17-16(21)13-14-5-2-3-6-15(14)20(22)23/h2-3,5-6H,4,7-13H2,1H3,(H,17,21). The van der Waals surface area contributed by atoms with Crippen LogP contribution in [0.3, 0.4) is 0 Å². The Kier molecular flexibility index (Phi) is 6.49. The molecule has 2 rings (SSSR count). The Labute approximate surface area is 136 Å². The number of likely N-dealkylation sites (N-methyl/N-ethyl adjacent to an activating group) is 1. The molecule has 1 aromatic rings. The lowest BCUT2D eigenvalue weighted by Crippen LogP contribution is -2.45. The van der Waals surface area contributed by atoms with Crippen LogP contribution in [0.4, 0.5) is 5.69 Å². The van der Waals surface area contributed by atoms with Gasteiger partial charge >= 0.3 is 0 Å². The number of nitrogens with zero attached hydrogens (tertiary/aromatic N) is 3. The Balaban J connectivity index is 1.68. The number of nitro benzene ring substituents is 1. The van der Waals surface area contributed by atoms with Crippen LogP contribution in [0.2, 0.25) is 0 Å². The minimum Gasteiger partial charge on any atom is -0.356 e. The Hall–Kier alpha value is -1.99. The van der Waals surface area contributed by atoms with Crippen molar-refractivity contribution in [1.82, 2.24) is 15.1 Å². The SMILES string of the molecule is CN1CCN(CCCNC(=O)Cc2ccccc2[N+](=O)[O-])CC1. The average Bonchev–Trinajstić information content (AvgIpc) is 2.53. The van der Waals surface area contributed by atoms with E-state index in [0.717, 1.165) is 39.1 Å². The Morgan fingerprint density at radius 1 is 1.26 bits per heavy atom. The zero-order valence-electron chi connectivity index (χ0n) is 13.5. The van der Waals surface area contributed by atoms with Gasteiger partial charge in [-0.1, -0.05) is 18.2 Å². The summed E-state index contributed by atoms with van der Waals surface area (Å²) < 4.78 is 0. The summed E-state index contributed by atoms with van der Waals surface area (Å²) in [5.41, 5.74) is 0.453. The fraction of sp³-hybridized carbons (Fsp3) is 0.562. The third kappa shape index (κ3) is 5.61. The number of carbonyl (C=O) groups is 1. The highest BCUT2D eigenvalue weighted by Crippen LogP contribution is 2.17. The average molecular weight is 320 g/mol. The van der Waals surface area contributed by atoms with Gasteiger partial charge in [-0.05, 0) is 20.0 Å². The van der Waals surface area contributed by atoms with Crippen LogP contribution in [0.1, 0.15) is 12.0 Å². The molecule has 0 unspecified atom stereocenters. The van der Waals surface area contributed by atoms with E-state index >= 15 is 0 Å². The van der Waals surface area contributed by atoms with Crippen molar-refractivity contribution >= 4 is 11.6 Å². The van der Waals surface area contributed by atoms with Gasteiger partial charge in [-0.2, -0.15) is 0 Å². The summed E-state index contributed by atoms with van der Waals surface area (Å²) in [6, 6.07) is 6.37. The Morgan fingerprint density at radius 3 is 2.65 bits per heavy atom. The van der Waals surface area contributed by atoms with Crippen molar-refractivity contribution in [1.29, 1.82) is 0 Å². The van der Waals surface area contributed by atoms with Gasteiger partial charge in [0.2, 0.25) is 5.91 Å². The van der Waals surface area contributed by atoms with Gasteiger partial charge in [-0.25, -0.2) is 0 Å². The number of hydrogen-bond acceptors (Lipinski definition) is 5. The number of nitrogens with one attached hydrogen (secondary N) is 1. The number of benzene rings is 1. The number of para-hydroxylation sites is 1. The minimum absolute atomic E-state index is 0.0000801. The smallest absolute Gasteiger partial charge is 0.273 e. The molecule has 0 aliphatic carbocycles. The molecular weight excluding hydrogens is 296 g/mol. The van der Waals surface area contributed by atoms with E-state index in [4.69, 9.17) is 0 Å². The van der Waals surface area contributed by atoms with Gasteiger partial charge in [-0.3, -0.25) is 14.9 Å². The van der Waals surface area contributed by atoms with E-state index in [-0.39, 0.29) is 18.0 Å². The number of nitro groups is 1. The second-order valence-electron chi connectivity index (χ2n) is 5.91. The molecule has 0 radical (unpaired) electrons. The lowest BCUT2D eigenvalue weighted by molar-refractivity contribution is -0.385. The molecule has 7 heteroatoms. The van der Waals surface area contributed by atoms with E-state index in [0.29, 0.717) is 12.1 Å². The molecule has 1 fully saturated rings. The van der Waals surface area contributed by atoms with Crippen LogP contribution in [0, 0.1) is 10.1 Å². The highest BCUT2D eigenvalue weighted by Gasteiger charge is 2.16. The minimum atomic E-state index is -0.448. The van der Waals surface area contributed by atoms with E-state index in [2.05, 4.69) is 22.2 Å². The molecule has 1 aliphatic heterocycles. The number of amides is 1. The molecule has 126 valence electrons. The second kappa shape index (κ2) is 8.59. The van der Waals surface area contributed by atoms with Crippen molar-refractivity contribution in [3.63, 3.8) is 0 Å². The summed E-state index contributed by atoms with van der Waals surface area (Å²) in [7, 11) is 2.13. The van der Waals surface area contributed by atoms with Crippen LogP contribution in [-0.4, -0.2) is 66.9 Å². The highest BCUT2D eigenvalue weighted by molar-refractivity contribution is 5.79. The molecule has 1 N–H and O–H groups in total. The zero-order valence-corrected chi connectivity index (χ0v) is 13.5. The molecule has 0 saturated carbocycles. The summed E-state index contributed by atoms with van der Waals surface area (Å²) >= 11 is 0. The summed E-state index contributed by atoms with van der Waals surface area (Å²) in [4.78, 5) is 27.1. The van der Waals surface area contributed by atoms with Gasteiger partial charge in [0, 0.05) is 44.4 Å². The van der Waals surface area contributed by atoms with Crippen LogP contribution in [0.15, 0.2) is 24.3 Å². The van der Waals surface area contributed by atoms with E-state index < -0.39 is 4.92 Å². The third-order valence-corrected chi connectivity index (χ3v) is 4.11. The van der Waals surface area contributed by atoms with Gasteiger partial charge < -0.3 is 15.1 Å². The van der Waals surface area contributed by atoms with Crippen LogP contribution in [0.5, 0.6) is 0 Å². The first-order valence-corrected chi connectivity index (χ1v) is 7.96. The molecule has 0 aromatic heterocycles. The van der Waals surface area contributed by atoms with E-state index in [1.54, 1.807) is 18.2 Å². The topological polar surface area (TPSA) is 78.7 Å². The monoisotopic (exact) mass is 320 g/mol. The van der Waals surface area contributed by atoms with E-state index in [1.807, 2.05) is 0 Å². The number of piperazine rings is 1. The molecule has 0 atom stereocenters. The first kappa shape index (κ1) is 17.4. The fourth-order valence-electron chi connectivity index (χ4n) is 2.68. The van der Waals surface area contributed by atoms with Gasteiger partial charge in [0.25, 0.3) is 5.69 Å². The Bertz CT molecular complexity index is 542. The van der Waals surface area contributed by atoms with Gasteiger partial charge in [0.15, 0.2) is 0 Å².